The van der Waals surface area contributed by atoms with Crippen molar-refractivity contribution in [2.75, 3.05) is 0 Å². The lowest BCUT2D eigenvalue weighted by molar-refractivity contribution is 0.669. The van der Waals surface area contributed by atoms with Crippen LogP contribution in [0.4, 0.5) is 0 Å². The summed E-state index contributed by atoms with van der Waals surface area (Å²) in [5, 5.41) is 9.34. The average Bonchev–Trinajstić information content (AvgIpc) is 3.68. The minimum atomic E-state index is 0.626. The first-order valence-electron chi connectivity index (χ1n) is 15.3. The summed E-state index contributed by atoms with van der Waals surface area (Å²) in [6, 6.07) is 48.6. The highest BCUT2D eigenvalue weighted by Gasteiger charge is 2.19. The Hall–Kier alpha value is -5.91. The van der Waals surface area contributed by atoms with Gasteiger partial charge in [-0.25, -0.2) is 15.0 Å². The van der Waals surface area contributed by atoms with E-state index >= 15 is 0 Å². The molecule has 0 spiro atoms. The van der Waals surface area contributed by atoms with E-state index in [2.05, 4.69) is 97.1 Å². The number of aromatic nitrogens is 3. The third-order valence-corrected chi connectivity index (χ3v) is 10.0. The van der Waals surface area contributed by atoms with E-state index in [0.29, 0.717) is 17.5 Å². The molecule has 0 amide bonds. The van der Waals surface area contributed by atoms with Gasteiger partial charge >= 0.3 is 0 Å². The van der Waals surface area contributed by atoms with Crippen LogP contribution in [0.15, 0.2) is 144 Å². The summed E-state index contributed by atoms with van der Waals surface area (Å²) in [7, 11) is 0. The molecule has 7 aromatic carbocycles. The lowest BCUT2D eigenvalue weighted by Crippen LogP contribution is -2.00. The van der Waals surface area contributed by atoms with E-state index < -0.39 is 0 Å². The number of fused-ring (bicyclic) bond motifs is 9. The largest absolute Gasteiger partial charge is 0.456 e. The second-order valence-corrected chi connectivity index (χ2v) is 12.7. The van der Waals surface area contributed by atoms with Gasteiger partial charge in [0.15, 0.2) is 17.5 Å². The fraction of sp³-hybridized carbons (Fsp3) is 0. The Balaban J connectivity index is 1.24. The number of rotatable bonds is 3. The lowest BCUT2D eigenvalue weighted by Gasteiger charge is -2.11. The molecule has 4 nitrogen and oxygen atoms in total. The van der Waals surface area contributed by atoms with Gasteiger partial charge in [-0.3, -0.25) is 0 Å². The van der Waals surface area contributed by atoms with E-state index in [9.17, 15) is 0 Å². The molecule has 0 aliphatic carbocycles. The van der Waals surface area contributed by atoms with Crippen molar-refractivity contribution < 1.29 is 4.42 Å². The van der Waals surface area contributed by atoms with Crippen LogP contribution in [0.2, 0.25) is 0 Å². The zero-order valence-electron chi connectivity index (χ0n) is 24.4. The fourth-order valence-electron chi connectivity index (χ4n) is 6.72. The summed E-state index contributed by atoms with van der Waals surface area (Å²) in [6.07, 6.45) is 0. The summed E-state index contributed by atoms with van der Waals surface area (Å²) < 4.78 is 8.79. The van der Waals surface area contributed by atoms with Gasteiger partial charge in [0.25, 0.3) is 0 Å². The van der Waals surface area contributed by atoms with E-state index in [1.165, 1.54) is 30.9 Å². The fourth-order valence-corrected chi connectivity index (χ4v) is 7.88. The van der Waals surface area contributed by atoms with Crippen molar-refractivity contribution in [3.05, 3.63) is 140 Å². The molecule has 0 saturated heterocycles. The molecule has 46 heavy (non-hydrogen) atoms. The molecule has 0 fully saturated rings. The molecule has 0 atom stereocenters. The van der Waals surface area contributed by atoms with Crippen LogP contribution in [0, 0.1) is 0 Å². The number of thiophene rings is 1. The van der Waals surface area contributed by atoms with Gasteiger partial charge in [0.05, 0.1) is 0 Å². The first-order valence-corrected chi connectivity index (χ1v) is 16.1. The topological polar surface area (TPSA) is 51.8 Å². The number of hydrogen-bond acceptors (Lipinski definition) is 5. The van der Waals surface area contributed by atoms with Gasteiger partial charge in [-0.1, -0.05) is 97.1 Å². The van der Waals surface area contributed by atoms with Crippen molar-refractivity contribution in [3.8, 4) is 34.2 Å². The van der Waals surface area contributed by atoms with E-state index in [0.717, 1.165) is 49.4 Å². The van der Waals surface area contributed by atoms with Crippen LogP contribution in [-0.4, -0.2) is 15.0 Å². The van der Waals surface area contributed by atoms with Crippen LogP contribution in [-0.2, 0) is 0 Å². The zero-order valence-corrected chi connectivity index (χ0v) is 25.3. The number of hydrogen-bond donors (Lipinski definition) is 0. The van der Waals surface area contributed by atoms with Crippen LogP contribution >= 0.6 is 11.3 Å². The minimum absolute atomic E-state index is 0.626. The summed E-state index contributed by atoms with van der Waals surface area (Å²) in [5.74, 6) is 1.92. The van der Waals surface area contributed by atoms with Crippen LogP contribution < -0.4 is 0 Å². The SMILES string of the molecule is c1ccc(-c2nc(-c3ccc4oc5cc6ccccc6cc5c4c3)nc(-c3cc4sc5ccccc5c4c4ccccc34)n2)cc1. The molecule has 0 unspecified atom stereocenters. The lowest BCUT2D eigenvalue weighted by atomic mass is 9.98. The van der Waals surface area contributed by atoms with E-state index in [4.69, 9.17) is 19.4 Å². The van der Waals surface area contributed by atoms with Gasteiger partial charge in [0, 0.05) is 47.6 Å². The Labute approximate surface area is 267 Å². The molecule has 10 aromatic rings. The van der Waals surface area contributed by atoms with Crippen molar-refractivity contribution in [3.63, 3.8) is 0 Å². The summed E-state index contributed by atoms with van der Waals surface area (Å²) in [5.41, 5.74) is 4.57. The van der Waals surface area contributed by atoms with Gasteiger partial charge in [-0.2, -0.15) is 0 Å². The predicted octanol–water partition coefficient (Wildman–Crippen LogP) is 11.4. The van der Waals surface area contributed by atoms with E-state index in [1.54, 1.807) is 0 Å². The Morgan fingerprint density at radius 2 is 1.07 bits per heavy atom. The maximum atomic E-state index is 6.30. The summed E-state index contributed by atoms with van der Waals surface area (Å²) in [4.78, 5) is 15.3. The van der Waals surface area contributed by atoms with Gasteiger partial charge in [0.2, 0.25) is 0 Å². The molecule has 0 N–H and O–H groups in total. The third kappa shape index (κ3) is 3.89. The van der Waals surface area contributed by atoms with Gasteiger partial charge in [-0.05, 0) is 64.0 Å². The molecule has 0 radical (unpaired) electrons. The van der Waals surface area contributed by atoms with Crippen molar-refractivity contribution in [2.45, 2.75) is 0 Å². The molecule has 10 rings (SSSR count). The van der Waals surface area contributed by atoms with Crippen molar-refractivity contribution in [1.29, 1.82) is 0 Å². The molecule has 5 heteroatoms. The predicted molar refractivity (Wildman–Crippen MR) is 191 cm³/mol. The van der Waals surface area contributed by atoms with Crippen molar-refractivity contribution >= 4 is 75.0 Å². The maximum absolute atomic E-state index is 6.30. The molecule has 0 aliphatic heterocycles. The number of furan rings is 1. The Bertz CT molecular complexity index is 2820. The smallest absolute Gasteiger partial charge is 0.164 e. The quantitative estimate of drug-likeness (QED) is 0.201. The Morgan fingerprint density at radius 3 is 1.91 bits per heavy atom. The normalized spacial score (nSPS) is 11.9. The standard InChI is InChI=1S/C41H23N3OS/c1-2-10-24(11-3-1)39-42-40(27-18-19-34-31(21-27)32-20-25-12-4-5-13-26(25)22-35(32)45-34)44-41(43-39)33-23-37-38(29-15-7-6-14-28(29)33)30-16-8-9-17-36(30)46-37/h1-23H. The molecular formula is C41H23N3OS. The van der Waals surface area contributed by atoms with Crippen LogP contribution in [0.3, 0.4) is 0 Å². The second-order valence-electron chi connectivity index (χ2n) is 11.6. The van der Waals surface area contributed by atoms with E-state index in [-0.39, 0.29) is 0 Å². The van der Waals surface area contributed by atoms with Gasteiger partial charge in [0.1, 0.15) is 11.2 Å². The average molecular weight is 606 g/mol. The second kappa shape index (κ2) is 9.80. The van der Waals surface area contributed by atoms with Crippen molar-refractivity contribution in [1.82, 2.24) is 15.0 Å². The van der Waals surface area contributed by atoms with Crippen molar-refractivity contribution in [2.24, 2.45) is 0 Å². The highest BCUT2D eigenvalue weighted by Crippen LogP contribution is 2.42. The molecule has 3 heterocycles. The van der Waals surface area contributed by atoms with E-state index in [1.807, 2.05) is 53.8 Å². The summed E-state index contributed by atoms with van der Waals surface area (Å²) >= 11 is 1.81. The first kappa shape index (κ1) is 25.4. The number of nitrogens with zero attached hydrogens (tertiary/aromatic N) is 3. The van der Waals surface area contributed by atoms with Crippen LogP contribution in [0.1, 0.15) is 0 Å². The molecule has 3 aromatic heterocycles. The molecule has 214 valence electrons. The highest BCUT2D eigenvalue weighted by molar-refractivity contribution is 7.26. The zero-order chi connectivity index (χ0) is 30.2. The number of benzene rings is 7. The molecule has 0 saturated carbocycles. The Kier molecular flexibility index (Phi) is 5.41. The van der Waals surface area contributed by atoms with Crippen LogP contribution in [0.25, 0.3) is 97.8 Å². The molecule has 0 aliphatic rings. The maximum Gasteiger partial charge on any atom is 0.164 e. The highest BCUT2D eigenvalue weighted by atomic mass is 32.1. The Morgan fingerprint density at radius 1 is 0.413 bits per heavy atom. The molecule has 0 bridgehead atoms. The third-order valence-electron chi connectivity index (χ3n) is 8.89. The minimum Gasteiger partial charge on any atom is -0.456 e. The van der Waals surface area contributed by atoms with Gasteiger partial charge < -0.3 is 4.42 Å². The monoisotopic (exact) mass is 605 g/mol. The summed E-state index contributed by atoms with van der Waals surface area (Å²) in [6.45, 7) is 0. The molecular weight excluding hydrogens is 583 g/mol. The first-order chi connectivity index (χ1) is 22.8. The van der Waals surface area contributed by atoms with Crippen LogP contribution in [0.5, 0.6) is 0 Å². The van der Waals surface area contributed by atoms with Gasteiger partial charge in [-0.15, -0.1) is 11.3 Å².